The van der Waals surface area contributed by atoms with E-state index >= 15 is 0 Å². The van der Waals surface area contributed by atoms with Gasteiger partial charge in [-0.1, -0.05) is 49.8 Å². The van der Waals surface area contributed by atoms with Crippen molar-refractivity contribution < 1.29 is 28.5 Å². The van der Waals surface area contributed by atoms with Crippen LogP contribution in [0.2, 0.25) is 0 Å². The number of rotatable bonds is 9. The molecule has 0 aromatic heterocycles. The van der Waals surface area contributed by atoms with Crippen LogP contribution < -0.4 is 18.9 Å². The third-order valence-electron chi connectivity index (χ3n) is 5.77. The minimum Gasteiger partial charge on any atom is -0.496 e. The molecule has 3 rings (SSSR count). The van der Waals surface area contributed by atoms with Crippen LogP contribution in [0.1, 0.15) is 41.5 Å². The summed E-state index contributed by atoms with van der Waals surface area (Å²) in [6.07, 6.45) is 6.12. The first-order valence-corrected chi connectivity index (χ1v) is 12.3. The number of hydrogen-bond donors (Lipinski definition) is 0. The predicted molar refractivity (Wildman–Crippen MR) is 135 cm³/mol. The molecule has 6 nitrogen and oxygen atoms in total. The van der Waals surface area contributed by atoms with Crippen molar-refractivity contribution in [3.8, 4) is 23.0 Å². The van der Waals surface area contributed by atoms with E-state index in [2.05, 4.69) is 19.9 Å². The van der Waals surface area contributed by atoms with E-state index in [4.69, 9.17) is 18.9 Å². The number of hydrogen-bond acceptors (Lipinski definition) is 6. The van der Waals surface area contributed by atoms with Gasteiger partial charge in [-0.15, -0.1) is 0 Å². The molecule has 0 N–H and O–H groups in total. The molecule has 0 aliphatic heterocycles. The van der Waals surface area contributed by atoms with E-state index in [1.165, 1.54) is 28.4 Å². The maximum absolute atomic E-state index is 14.2. The van der Waals surface area contributed by atoms with Gasteiger partial charge < -0.3 is 18.9 Å². The van der Waals surface area contributed by atoms with Crippen LogP contribution in [0.15, 0.2) is 60.2 Å². The zero-order valence-corrected chi connectivity index (χ0v) is 21.6. The first-order valence-electron chi connectivity index (χ1n) is 10.9. The van der Waals surface area contributed by atoms with Crippen molar-refractivity contribution in [2.24, 2.45) is 5.41 Å². The summed E-state index contributed by atoms with van der Waals surface area (Å²) in [5.74, 6) is 1.44. The van der Waals surface area contributed by atoms with Crippen LogP contribution in [0.3, 0.4) is 0 Å². The second-order valence-corrected chi connectivity index (χ2v) is 10.7. The Kier molecular flexibility index (Phi) is 7.83. The molecule has 0 fully saturated rings. The maximum Gasteiger partial charge on any atom is 0.200 e. The second kappa shape index (κ2) is 10.4. The van der Waals surface area contributed by atoms with E-state index in [0.29, 0.717) is 23.0 Å². The van der Waals surface area contributed by atoms with Gasteiger partial charge in [-0.25, -0.2) is 0 Å². The Balaban J connectivity index is 2.25. The highest BCUT2D eigenvalue weighted by atomic mass is 31.1. The Morgan fingerprint density at radius 1 is 0.765 bits per heavy atom. The number of benzene rings is 2. The SMILES string of the molecule is COc1cccc(OC)c1C(=O)P(C(=O)c1c(OC)cccc1OC)C1C=CC(C)(C)C=C1C. The van der Waals surface area contributed by atoms with Crippen molar-refractivity contribution in [3.63, 3.8) is 0 Å². The van der Waals surface area contributed by atoms with Gasteiger partial charge in [0.2, 0.25) is 0 Å². The average molecular weight is 483 g/mol. The zero-order chi connectivity index (χ0) is 25.0. The Morgan fingerprint density at radius 2 is 1.15 bits per heavy atom. The fraction of sp³-hybridized carbons (Fsp3) is 0.333. The van der Waals surface area contributed by atoms with Gasteiger partial charge in [0.15, 0.2) is 11.0 Å². The molecule has 180 valence electrons. The van der Waals surface area contributed by atoms with Crippen molar-refractivity contribution in [1.82, 2.24) is 0 Å². The largest absolute Gasteiger partial charge is 0.496 e. The molecule has 7 heteroatoms. The average Bonchev–Trinajstić information content (AvgIpc) is 2.83. The molecule has 1 aliphatic carbocycles. The van der Waals surface area contributed by atoms with Crippen molar-refractivity contribution in [2.75, 3.05) is 28.4 Å². The van der Waals surface area contributed by atoms with Gasteiger partial charge in [-0.05, 0) is 31.2 Å². The van der Waals surface area contributed by atoms with E-state index in [1.54, 1.807) is 36.4 Å². The summed E-state index contributed by atoms with van der Waals surface area (Å²) >= 11 is 0. The summed E-state index contributed by atoms with van der Waals surface area (Å²) in [7, 11) is 4.00. The Morgan fingerprint density at radius 3 is 1.47 bits per heavy atom. The molecule has 2 aromatic carbocycles. The standard InChI is InChI=1S/C27H31O6P/c1-17-16-27(2,3)15-14-22(17)34(25(28)23-18(30-4)10-8-11-19(23)31-5)26(29)24-20(32-6)12-9-13-21(24)33-7/h8-16,22H,1-7H3. The highest BCUT2D eigenvalue weighted by Gasteiger charge is 2.41. The lowest BCUT2D eigenvalue weighted by molar-refractivity contribution is 0.104. The molecule has 0 radical (unpaired) electrons. The normalized spacial score (nSPS) is 16.6. The lowest BCUT2D eigenvalue weighted by atomic mass is 9.86. The van der Waals surface area contributed by atoms with E-state index in [0.717, 1.165) is 5.57 Å². The van der Waals surface area contributed by atoms with Crippen molar-refractivity contribution in [1.29, 1.82) is 0 Å². The first kappa shape index (κ1) is 25.5. The summed E-state index contributed by atoms with van der Waals surface area (Å²) in [6, 6.07) is 10.3. The molecule has 1 unspecified atom stereocenters. The van der Waals surface area contributed by atoms with Crippen LogP contribution in [-0.4, -0.2) is 45.1 Å². The van der Waals surface area contributed by atoms with Gasteiger partial charge in [-0.3, -0.25) is 9.59 Å². The topological polar surface area (TPSA) is 71.1 Å². The molecular weight excluding hydrogens is 451 g/mol. The summed E-state index contributed by atoms with van der Waals surface area (Å²) in [5, 5.41) is 0. The number of methoxy groups -OCH3 is 4. The van der Waals surface area contributed by atoms with Crippen LogP contribution in [0, 0.1) is 5.41 Å². The zero-order valence-electron chi connectivity index (χ0n) is 20.7. The van der Waals surface area contributed by atoms with Gasteiger partial charge in [0, 0.05) is 11.1 Å². The third kappa shape index (κ3) is 4.88. The van der Waals surface area contributed by atoms with Gasteiger partial charge in [0.1, 0.15) is 34.1 Å². The van der Waals surface area contributed by atoms with Gasteiger partial charge in [0.05, 0.1) is 36.4 Å². The van der Waals surface area contributed by atoms with Crippen LogP contribution in [0.4, 0.5) is 0 Å². The van der Waals surface area contributed by atoms with Gasteiger partial charge >= 0.3 is 0 Å². The van der Waals surface area contributed by atoms with E-state index in [-0.39, 0.29) is 27.6 Å². The van der Waals surface area contributed by atoms with Crippen LogP contribution in [-0.2, 0) is 0 Å². The van der Waals surface area contributed by atoms with Crippen molar-refractivity contribution in [2.45, 2.75) is 26.4 Å². The molecule has 1 atom stereocenters. The maximum atomic E-state index is 14.2. The summed E-state index contributed by atoms with van der Waals surface area (Å²) in [5.41, 5.74) is 0.251. The highest BCUT2D eigenvalue weighted by Crippen LogP contribution is 2.56. The third-order valence-corrected chi connectivity index (χ3v) is 8.23. The Bertz CT molecular complexity index is 1040. The smallest absolute Gasteiger partial charge is 0.200 e. The Hall–Kier alpha value is -3.11. The Labute approximate surface area is 202 Å². The number of allylic oxidation sites excluding steroid dienone is 4. The number of ether oxygens (including phenoxy) is 4. The van der Waals surface area contributed by atoms with Crippen molar-refractivity contribution in [3.05, 3.63) is 71.3 Å². The molecule has 0 heterocycles. The predicted octanol–water partition coefficient (Wildman–Crippen LogP) is 6.09. The quantitative estimate of drug-likeness (QED) is 0.318. The summed E-state index contributed by atoms with van der Waals surface area (Å²) < 4.78 is 22.0. The second-order valence-electron chi connectivity index (χ2n) is 8.57. The van der Waals surface area contributed by atoms with E-state index in [9.17, 15) is 9.59 Å². The molecular formula is C27H31O6P. The lowest BCUT2D eigenvalue weighted by Crippen LogP contribution is -2.23. The van der Waals surface area contributed by atoms with Crippen LogP contribution in [0.5, 0.6) is 23.0 Å². The molecule has 0 bridgehead atoms. The molecule has 0 saturated carbocycles. The number of carbonyl (C=O) groups excluding carboxylic acids is 2. The fourth-order valence-corrected chi connectivity index (χ4v) is 6.56. The molecule has 34 heavy (non-hydrogen) atoms. The molecule has 0 saturated heterocycles. The van der Waals surface area contributed by atoms with Crippen molar-refractivity contribution >= 4 is 19.0 Å². The van der Waals surface area contributed by atoms with Gasteiger partial charge in [-0.2, -0.15) is 0 Å². The summed E-state index contributed by atoms with van der Waals surface area (Å²) in [6.45, 7) is 6.13. The molecule has 2 aromatic rings. The van der Waals surface area contributed by atoms with E-state index in [1.807, 2.05) is 19.1 Å². The van der Waals surface area contributed by atoms with Crippen LogP contribution >= 0.6 is 7.92 Å². The van der Waals surface area contributed by atoms with Crippen LogP contribution in [0.25, 0.3) is 0 Å². The first-order chi connectivity index (χ1) is 16.2. The monoisotopic (exact) mass is 482 g/mol. The minimum atomic E-state index is -1.98. The molecule has 0 spiro atoms. The lowest BCUT2D eigenvalue weighted by Gasteiger charge is -2.31. The fourth-order valence-electron chi connectivity index (χ4n) is 4.21. The summed E-state index contributed by atoms with van der Waals surface area (Å²) in [4.78, 5) is 28.5. The minimum absolute atomic E-state index is 0.169. The highest BCUT2D eigenvalue weighted by molar-refractivity contribution is 7.91. The molecule has 1 aliphatic rings. The molecule has 0 amide bonds. The van der Waals surface area contributed by atoms with Gasteiger partial charge in [0.25, 0.3) is 0 Å². The number of carbonyl (C=O) groups is 2. The van der Waals surface area contributed by atoms with E-state index < -0.39 is 13.6 Å².